The number of carbonyl (C=O) groups is 1. The number of alkyl halides is 1. The average Bonchev–Trinajstić information content (AvgIpc) is 1.95. The molecule has 0 aromatic carbocycles. The highest BCUT2D eigenvalue weighted by Crippen LogP contribution is 2.31. The van der Waals surface area contributed by atoms with Gasteiger partial charge in [0.05, 0.1) is 6.10 Å². The Morgan fingerprint density at radius 3 is 2.27 bits per heavy atom. The first-order chi connectivity index (χ1) is 5.04. The molecule has 4 heteroatoms. The van der Waals surface area contributed by atoms with Gasteiger partial charge in [-0.1, -0.05) is 0 Å². The van der Waals surface area contributed by atoms with Crippen LogP contribution in [0.25, 0.3) is 0 Å². The summed E-state index contributed by atoms with van der Waals surface area (Å²) in [5, 5.41) is 17.4. The molecule has 0 aliphatic heterocycles. The summed E-state index contributed by atoms with van der Waals surface area (Å²) in [4.78, 5) is 10.3. The van der Waals surface area contributed by atoms with Crippen LogP contribution in [0.2, 0.25) is 0 Å². The van der Waals surface area contributed by atoms with Gasteiger partial charge in [0.1, 0.15) is 0 Å². The van der Waals surface area contributed by atoms with Crippen LogP contribution in [-0.4, -0.2) is 28.0 Å². The Kier molecular flexibility index (Phi) is 2.13. The Morgan fingerprint density at radius 2 is 1.91 bits per heavy atom. The predicted octanol–water partition coefficient (Wildman–Crippen LogP) is 0.714. The van der Waals surface area contributed by atoms with E-state index >= 15 is 0 Å². The fraction of sp³-hybridized carbons (Fsp3) is 0.857. The standard InChI is InChI=1S/C7H11FO3/c8-7(6(10)11)3-1-5(9)2-4-7/h5,9H,1-4H2,(H,10,11). The van der Waals surface area contributed by atoms with Gasteiger partial charge in [-0.15, -0.1) is 0 Å². The van der Waals surface area contributed by atoms with Crippen molar-refractivity contribution in [2.45, 2.75) is 37.5 Å². The summed E-state index contributed by atoms with van der Waals surface area (Å²) in [6.45, 7) is 0. The lowest BCUT2D eigenvalue weighted by Gasteiger charge is -2.27. The van der Waals surface area contributed by atoms with Gasteiger partial charge in [-0.25, -0.2) is 9.18 Å². The highest BCUT2D eigenvalue weighted by atomic mass is 19.1. The second-order valence-electron chi connectivity index (χ2n) is 3.00. The van der Waals surface area contributed by atoms with Gasteiger partial charge in [0.15, 0.2) is 0 Å². The summed E-state index contributed by atoms with van der Waals surface area (Å²) in [7, 11) is 0. The fourth-order valence-corrected chi connectivity index (χ4v) is 1.27. The number of hydrogen-bond donors (Lipinski definition) is 2. The zero-order valence-electron chi connectivity index (χ0n) is 6.09. The van der Waals surface area contributed by atoms with Crippen molar-refractivity contribution in [1.29, 1.82) is 0 Å². The van der Waals surface area contributed by atoms with Gasteiger partial charge in [-0.3, -0.25) is 0 Å². The maximum absolute atomic E-state index is 13.2. The normalized spacial score (nSPS) is 38.5. The summed E-state index contributed by atoms with van der Waals surface area (Å²) < 4.78 is 13.2. The van der Waals surface area contributed by atoms with E-state index in [-0.39, 0.29) is 25.7 Å². The van der Waals surface area contributed by atoms with Crippen LogP contribution in [-0.2, 0) is 4.79 Å². The van der Waals surface area contributed by atoms with E-state index in [0.717, 1.165) is 0 Å². The predicted molar refractivity (Wildman–Crippen MR) is 35.9 cm³/mol. The summed E-state index contributed by atoms with van der Waals surface area (Å²) in [5.41, 5.74) is -2.08. The number of carboxylic acid groups (broad SMARTS) is 1. The van der Waals surface area contributed by atoms with E-state index in [1.54, 1.807) is 0 Å². The molecule has 0 unspecified atom stereocenters. The molecule has 0 atom stereocenters. The van der Waals surface area contributed by atoms with Crippen LogP contribution in [0.1, 0.15) is 25.7 Å². The molecule has 1 rings (SSSR count). The lowest BCUT2D eigenvalue weighted by Crippen LogP contribution is -2.39. The molecule has 0 aromatic heterocycles. The molecule has 0 radical (unpaired) electrons. The molecule has 0 heterocycles. The fourth-order valence-electron chi connectivity index (χ4n) is 1.27. The van der Waals surface area contributed by atoms with Crippen LogP contribution in [0, 0.1) is 0 Å². The topological polar surface area (TPSA) is 57.5 Å². The summed E-state index contributed by atoms with van der Waals surface area (Å²) in [6.07, 6.45) is -0.142. The third kappa shape index (κ3) is 1.68. The van der Waals surface area contributed by atoms with Crippen molar-refractivity contribution in [1.82, 2.24) is 0 Å². The maximum atomic E-state index is 13.2. The van der Waals surface area contributed by atoms with Crippen LogP contribution in [0.3, 0.4) is 0 Å². The highest BCUT2D eigenvalue weighted by molar-refractivity contribution is 5.77. The second-order valence-corrected chi connectivity index (χ2v) is 3.00. The number of carboxylic acids is 1. The zero-order valence-corrected chi connectivity index (χ0v) is 6.09. The number of aliphatic hydroxyl groups is 1. The van der Waals surface area contributed by atoms with E-state index in [9.17, 15) is 9.18 Å². The molecule has 3 nitrogen and oxygen atoms in total. The number of aliphatic carboxylic acids is 1. The van der Waals surface area contributed by atoms with Crippen molar-refractivity contribution in [3.63, 3.8) is 0 Å². The molecular weight excluding hydrogens is 151 g/mol. The summed E-state index contributed by atoms with van der Waals surface area (Å²) >= 11 is 0. The van der Waals surface area contributed by atoms with Crippen LogP contribution in [0.5, 0.6) is 0 Å². The minimum Gasteiger partial charge on any atom is -0.479 e. The lowest BCUT2D eigenvalue weighted by atomic mass is 9.85. The quantitative estimate of drug-likeness (QED) is 0.597. The molecule has 64 valence electrons. The molecule has 1 aliphatic carbocycles. The second kappa shape index (κ2) is 2.77. The monoisotopic (exact) mass is 162 g/mol. The van der Waals surface area contributed by atoms with Crippen molar-refractivity contribution in [3.05, 3.63) is 0 Å². The largest absolute Gasteiger partial charge is 0.479 e. The van der Waals surface area contributed by atoms with E-state index in [0.29, 0.717) is 0 Å². The van der Waals surface area contributed by atoms with Gasteiger partial charge in [-0.05, 0) is 25.7 Å². The van der Waals surface area contributed by atoms with Gasteiger partial charge in [-0.2, -0.15) is 0 Å². The minimum absolute atomic E-state index is 0.0660. The molecule has 1 aliphatic rings. The third-order valence-corrected chi connectivity index (χ3v) is 2.13. The highest BCUT2D eigenvalue weighted by Gasteiger charge is 2.41. The molecule has 1 fully saturated rings. The third-order valence-electron chi connectivity index (χ3n) is 2.13. The SMILES string of the molecule is O=C(O)C1(F)CCC(O)CC1. The maximum Gasteiger partial charge on any atom is 0.341 e. The Hall–Kier alpha value is -0.640. The molecular formula is C7H11FO3. The summed E-state index contributed by atoms with van der Waals surface area (Å²) in [5.74, 6) is -1.40. The van der Waals surface area contributed by atoms with Crippen molar-refractivity contribution < 1.29 is 19.4 Å². The molecule has 0 spiro atoms. The molecule has 2 N–H and O–H groups in total. The van der Waals surface area contributed by atoms with Crippen LogP contribution >= 0.6 is 0 Å². The molecule has 11 heavy (non-hydrogen) atoms. The Morgan fingerprint density at radius 1 is 1.45 bits per heavy atom. The first kappa shape index (κ1) is 8.46. The zero-order chi connectivity index (χ0) is 8.48. The van der Waals surface area contributed by atoms with Crippen molar-refractivity contribution in [3.8, 4) is 0 Å². The number of rotatable bonds is 1. The molecule has 1 saturated carbocycles. The molecule has 0 bridgehead atoms. The number of aliphatic hydroxyl groups excluding tert-OH is 1. The van der Waals surface area contributed by atoms with Crippen LogP contribution < -0.4 is 0 Å². The van der Waals surface area contributed by atoms with Crippen LogP contribution in [0.15, 0.2) is 0 Å². The van der Waals surface area contributed by atoms with Gasteiger partial charge < -0.3 is 10.2 Å². The summed E-state index contributed by atoms with van der Waals surface area (Å²) in [6, 6.07) is 0. The molecule has 0 aromatic rings. The van der Waals surface area contributed by atoms with E-state index in [1.165, 1.54) is 0 Å². The van der Waals surface area contributed by atoms with E-state index in [1.807, 2.05) is 0 Å². The van der Waals surface area contributed by atoms with Crippen molar-refractivity contribution in [2.75, 3.05) is 0 Å². The Labute approximate surface area is 63.8 Å². The number of halogens is 1. The smallest absolute Gasteiger partial charge is 0.341 e. The average molecular weight is 162 g/mol. The van der Waals surface area contributed by atoms with Crippen LogP contribution in [0.4, 0.5) is 4.39 Å². The van der Waals surface area contributed by atoms with E-state index in [2.05, 4.69) is 0 Å². The lowest BCUT2D eigenvalue weighted by molar-refractivity contribution is -0.154. The Balaban J connectivity index is 2.55. The molecule has 0 amide bonds. The van der Waals surface area contributed by atoms with Crippen molar-refractivity contribution in [2.24, 2.45) is 0 Å². The van der Waals surface area contributed by atoms with Gasteiger partial charge in [0.25, 0.3) is 0 Å². The first-order valence-electron chi connectivity index (χ1n) is 3.65. The van der Waals surface area contributed by atoms with E-state index < -0.39 is 17.7 Å². The first-order valence-corrected chi connectivity index (χ1v) is 3.65. The molecule has 0 saturated heterocycles. The van der Waals surface area contributed by atoms with Gasteiger partial charge in [0, 0.05) is 0 Å². The number of hydrogen-bond acceptors (Lipinski definition) is 2. The van der Waals surface area contributed by atoms with Crippen molar-refractivity contribution >= 4 is 5.97 Å². The van der Waals surface area contributed by atoms with Gasteiger partial charge in [0.2, 0.25) is 5.67 Å². The van der Waals surface area contributed by atoms with Gasteiger partial charge >= 0.3 is 5.97 Å². The van der Waals surface area contributed by atoms with E-state index in [4.69, 9.17) is 10.2 Å². The Bertz CT molecular complexity index is 161. The minimum atomic E-state index is -2.08.